The molecule has 7 heteroatoms. The van der Waals surface area contributed by atoms with Crippen LogP contribution in [-0.2, 0) is 20.9 Å². The SMILES string of the molecule is CCCCOC(=O)CN(C(=O)OC(C)(C)C)c1cccc(CO)n1. The van der Waals surface area contributed by atoms with Gasteiger partial charge in [-0.05, 0) is 39.3 Å². The van der Waals surface area contributed by atoms with Crippen LogP contribution in [-0.4, -0.2) is 40.9 Å². The number of aliphatic hydroxyl groups excluding tert-OH is 1. The summed E-state index contributed by atoms with van der Waals surface area (Å²) in [6, 6.07) is 4.84. The lowest BCUT2D eigenvalue weighted by Crippen LogP contribution is -2.41. The van der Waals surface area contributed by atoms with Gasteiger partial charge in [0.25, 0.3) is 0 Å². The highest BCUT2D eigenvalue weighted by Crippen LogP contribution is 2.17. The molecule has 134 valence electrons. The van der Waals surface area contributed by atoms with Gasteiger partial charge < -0.3 is 14.6 Å². The summed E-state index contributed by atoms with van der Waals surface area (Å²) in [5.41, 5.74) is -0.323. The number of rotatable bonds is 7. The molecule has 0 spiro atoms. The maximum Gasteiger partial charge on any atom is 0.416 e. The van der Waals surface area contributed by atoms with Gasteiger partial charge in [0.15, 0.2) is 0 Å². The van der Waals surface area contributed by atoms with Crippen molar-refractivity contribution in [3.8, 4) is 0 Å². The summed E-state index contributed by atoms with van der Waals surface area (Å²) < 4.78 is 10.4. The predicted molar refractivity (Wildman–Crippen MR) is 89.6 cm³/mol. The number of hydrogen-bond acceptors (Lipinski definition) is 6. The minimum Gasteiger partial charge on any atom is -0.464 e. The molecule has 1 amide bonds. The molecule has 1 heterocycles. The third-order valence-electron chi connectivity index (χ3n) is 2.89. The molecule has 0 aliphatic heterocycles. The molecule has 1 aromatic heterocycles. The zero-order valence-corrected chi connectivity index (χ0v) is 14.7. The second-order valence-corrected chi connectivity index (χ2v) is 6.29. The van der Waals surface area contributed by atoms with Gasteiger partial charge in [0.05, 0.1) is 18.9 Å². The molecule has 0 unspecified atom stereocenters. The number of pyridine rings is 1. The number of esters is 1. The van der Waals surface area contributed by atoms with Crippen molar-refractivity contribution in [1.82, 2.24) is 4.98 Å². The van der Waals surface area contributed by atoms with Gasteiger partial charge in [-0.25, -0.2) is 9.78 Å². The highest BCUT2D eigenvalue weighted by atomic mass is 16.6. The first-order chi connectivity index (χ1) is 11.3. The van der Waals surface area contributed by atoms with Crippen LogP contribution in [0, 0.1) is 0 Å². The molecule has 0 radical (unpaired) electrons. The number of hydrogen-bond donors (Lipinski definition) is 1. The van der Waals surface area contributed by atoms with Crippen molar-refractivity contribution in [2.24, 2.45) is 0 Å². The van der Waals surface area contributed by atoms with Gasteiger partial charge >= 0.3 is 12.1 Å². The molecule has 0 aliphatic carbocycles. The van der Waals surface area contributed by atoms with Crippen molar-refractivity contribution in [2.75, 3.05) is 18.1 Å². The summed E-state index contributed by atoms with van der Waals surface area (Å²) in [4.78, 5) is 29.7. The van der Waals surface area contributed by atoms with Gasteiger partial charge in [0.2, 0.25) is 0 Å². The quantitative estimate of drug-likeness (QED) is 0.607. The topological polar surface area (TPSA) is 89.0 Å². The zero-order chi connectivity index (χ0) is 18.2. The fraction of sp³-hybridized carbons (Fsp3) is 0.588. The van der Waals surface area contributed by atoms with Crippen LogP contribution in [0.5, 0.6) is 0 Å². The molecule has 1 rings (SSSR count). The van der Waals surface area contributed by atoms with Gasteiger partial charge in [0.1, 0.15) is 18.0 Å². The Morgan fingerprint density at radius 3 is 2.58 bits per heavy atom. The van der Waals surface area contributed by atoms with Crippen LogP contribution < -0.4 is 4.90 Å². The van der Waals surface area contributed by atoms with E-state index in [1.807, 2.05) is 6.92 Å². The smallest absolute Gasteiger partial charge is 0.416 e. The number of carbonyl (C=O) groups excluding carboxylic acids is 2. The summed E-state index contributed by atoms with van der Waals surface area (Å²) in [5, 5.41) is 9.21. The van der Waals surface area contributed by atoms with Crippen LogP contribution in [0.4, 0.5) is 10.6 Å². The Kier molecular flexibility index (Phi) is 7.64. The molecule has 1 aromatic rings. The summed E-state index contributed by atoms with van der Waals surface area (Å²) in [7, 11) is 0. The average Bonchev–Trinajstić information content (AvgIpc) is 2.51. The van der Waals surface area contributed by atoms with E-state index < -0.39 is 17.7 Å². The molecule has 0 aromatic carbocycles. The van der Waals surface area contributed by atoms with Gasteiger partial charge in [-0.15, -0.1) is 0 Å². The number of anilines is 1. The summed E-state index contributed by atoms with van der Waals surface area (Å²) in [6.07, 6.45) is 0.970. The van der Waals surface area contributed by atoms with E-state index in [4.69, 9.17) is 9.47 Å². The van der Waals surface area contributed by atoms with Crippen molar-refractivity contribution >= 4 is 17.9 Å². The van der Waals surface area contributed by atoms with Crippen molar-refractivity contribution in [1.29, 1.82) is 0 Å². The lowest BCUT2D eigenvalue weighted by molar-refractivity contribution is -0.142. The molecule has 0 bridgehead atoms. The number of carbonyl (C=O) groups is 2. The largest absolute Gasteiger partial charge is 0.464 e. The third kappa shape index (κ3) is 6.95. The minimum absolute atomic E-state index is 0.225. The fourth-order valence-electron chi connectivity index (χ4n) is 1.77. The van der Waals surface area contributed by atoms with Crippen molar-refractivity contribution in [3.05, 3.63) is 23.9 Å². The van der Waals surface area contributed by atoms with E-state index in [-0.39, 0.29) is 19.0 Å². The molecule has 7 nitrogen and oxygen atoms in total. The number of nitrogens with zero attached hydrogens (tertiary/aromatic N) is 2. The molecule has 1 N–H and O–H groups in total. The van der Waals surface area contributed by atoms with Crippen LogP contribution in [0.25, 0.3) is 0 Å². The van der Waals surface area contributed by atoms with Crippen LogP contribution in [0.15, 0.2) is 18.2 Å². The van der Waals surface area contributed by atoms with E-state index in [2.05, 4.69) is 4.98 Å². The van der Waals surface area contributed by atoms with Crippen LogP contribution in [0.2, 0.25) is 0 Å². The van der Waals surface area contributed by atoms with Crippen molar-refractivity contribution < 1.29 is 24.2 Å². The summed E-state index contributed by atoms with van der Waals surface area (Å²) >= 11 is 0. The number of ether oxygens (including phenoxy) is 2. The second-order valence-electron chi connectivity index (χ2n) is 6.29. The number of amides is 1. The number of aliphatic hydroxyl groups is 1. The van der Waals surface area contributed by atoms with Crippen LogP contribution >= 0.6 is 0 Å². The molecule has 0 atom stereocenters. The van der Waals surface area contributed by atoms with E-state index in [1.54, 1.807) is 39.0 Å². The first-order valence-electron chi connectivity index (χ1n) is 7.99. The van der Waals surface area contributed by atoms with E-state index in [0.717, 1.165) is 17.7 Å². The Morgan fingerprint density at radius 1 is 1.29 bits per heavy atom. The monoisotopic (exact) mass is 338 g/mol. The number of aromatic nitrogens is 1. The van der Waals surface area contributed by atoms with E-state index in [1.165, 1.54) is 0 Å². The summed E-state index contributed by atoms with van der Waals surface area (Å²) in [6.45, 7) is 6.94. The van der Waals surface area contributed by atoms with Gasteiger partial charge in [-0.3, -0.25) is 9.69 Å². The highest BCUT2D eigenvalue weighted by Gasteiger charge is 2.26. The maximum absolute atomic E-state index is 12.4. The number of unbranched alkanes of at least 4 members (excludes halogenated alkanes) is 1. The zero-order valence-electron chi connectivity index (χ0n) is 14.7. The van der Waals surface area contributed by atoms with Crippen LogP contribution in [0.3, 0.4) is 0 Å². The van der Waals surface area contributed by atoms with Crippen molar-refractivity contribution in [2.45, 2.75) is 52.7 Å². The lowest BCUT2D eigenvalue weighted by atomic mass is 10.2. The maximum atomic E-state index is 12.4. The highest BCUT2D eigenvalue weighted by molar-refractivity contribution is 5.92. The standard InChI is InChI=1S/C17H26N2O5/c1-5-6-10-23-15(21)11-19(16(22)24-17(2,3)4)14-9-7-8-13(12-20)18-14/h7-9,20H,5-6,10-12H2,1-4H3. The molecular formula is C17H26N2O5. The Bertz CT molecular complexity index is 554. The first-order valence-corrected chi connectivity index (χ1v) is 7.99. The van der Waals surface area contributed by atoms with E-state index in [0.29, 0.717) is 12.3 Å². The predicted octanol–water partition coefficient (Wildman–Crippen LogP) is 2.66. The Balaban J connectivity index is 2.94. The molecule has 24 heavy (non-hydrogen) atoms. The Morgan fingerprint density at radius 2 is 2.00 bits per heavy atom. The molecule has 0 saturated carbocycles. The molecular weight excluding hydrogens is 312 g/mol. The van der Waals surface area contributed by atoms with Gasteiger partial charge in [-0.1, -0.05) is 19.4 Å². The third-order valence-corrected chi connectivity index (χ3v) is 2.89. The van der Waals surface area contributed by atoms with E-state index in [9.17, 15) is 14.7 Å². The average molecular weight is 338 g/mol. The second kappa shape index (κ2) is 9.22. The molecule has 0 aliphatic rings. The fourth-order valence-corrected chi connectivity index (χ4v) is 1.77. The lowest BCUT2D eigenvalue weighted by Gasteiger charge is -2.26. The summed E-state index contributed by atoms with van der Waals surface area (Å²) in [5.74, 6) is -0.311. The van der Waals surface area contributed by atoms with Gasteiger partial charge in [0, 0.05) is 0 Å². The minimum atomic E-state index is -0.712. The normalized spacial score (nSPS) is 11.0. The molecule has 0 fully saturated rings. The Labute approximate surface area is 142 Å². The molecule has 0 saturated heterocycles. The Hall–Kier alpha value is -2.15. The van der Waals surface area contributed by atoms with Crippen LogP contribution in [0.1, 0.15) is 46.2 Å². The van der Waals surface area contributed by atoms with Gasteiger partial charge in [-0.2, -0.15) is 0 Å². The first kappa shape index (κ1) is 19.9. The van der Waals surface area contributed by atoms with Crippen molar-refractivity contribution in [3.63, 3.8) is 0 Å². The van der Waals surface area contributed by atoms with E-state index >= 15 is 0 Å².